The fraction of sp³-hybridized carbons (Fsp3) is 0.105. The molecular formula is C19H12ClNO4. The van der Waals surface area contributed by atoms with E-state index >= 15 is 0 Å². The second-order valence-corrected chi connectivity index (χ2v) is 6.34. The van der Waals surface area contributed by atoms with Crippen LogP contribution in [0.1, 0.15) is 31.8 Å². The average Bonchev–Trinajstić information content (AvgIpc) is 2.82. The molecule has 0 saturated carbocycles. The first-order chi connectivity index (χ1) is 12.0. The summed E-state index contributed by atoms with van der Waals surface area (Å²) in [5, 5.41) is 1.12. The summed E-state index contributed by atoms with van der Waals surface area (Å²) in [7, 11) is 0. The van der Waals surface area contributed by atoms with Gasteiger partial charge >= 0.3 is 5.63 Å². The standard InChI is InChI=1S/C19H12ClNO4/c1-10-6-16-14(8-15(10)20)11(7-17(22)25-16)9-21-18(23)12-4-2-3-5-13(12)19(21)24/h2-8H,9H2,1H3. The second kappa shape index (κ2) is 5.57. The van der Waals surface area contributed by atoms with Gasteiger partial charge in [0, 0.05) is 16.5 Å². The molecule has 2 heterocycles. The minimum atomic E-state index is -0.541. The summed E-state index contributed by atoms with van der Waals surface area (Å²) >= 11 is 6.18. The highest BCUT2D eigenvalue weighted by molar-refractivity contribution is 6.32. The van der Waals surface area contributed by atoms with Crippen LogP contribution in [0.15, 0.2) is 51.7 Å². The SMILES string of the molecule is Cc1cc2oc(=O)cc(CN3C(=O)c4ccccc4C3=O)c2cc1Cl. The van der Waals surface area contributed by atoms with Crippen molar-refractivity contribution < 1.29 is 14.0 Å². The molecule has 124 valence electrons. The number of aryl methyl sites for hydroxylation is 1. The molecule has 1 aliphatic heterocycles. The van der Waals surface area contributed by atoms with Crippen molar-refractivity contribution in [1.29, 1.82) is 0 Å². The van der Waals surface area contributed by atoms with E-state index in [1.54, 1.807) is 43.3 Å². The first-order valence-corrected chi connectivity index (χ1v) is 8.01. The van der Waals surface area contributed by atoms with Crippen molar-refractivity contribution in [1.82, 2.24) is 4.90 Å². The first-order valence-electron chi connectivity index (χ1n) is 7.64. The topological polar surface area (TPSA) is 67.6 Å². The molecular weight excluding hydrogens is 342 g/mol. The normalized spacial score (nSPS) is 13.6. The summed E-state index contributed by atoms with van der Waals surface area (Å²) in [6.45, 7) is 1.78. The van der Waals surface area contributed by atoms with Crippen LogP contribution in [0.2, 0.25) is 5.02 Å². The number of benzene rings is 2. The van der Waals surface area contributed by atoms with Crippen molar-refractivity contribution in [2.24, 2.45) is 0 Å². The van der Waals surface area contributed by atoms with E-state index in [4.69, 9.17) is 16.0 Å². The first kappa shape index (κ1) is 15.6. The Morgan fingerprint density at radius 2 is 1.64 bits per heavy atom. The van der Waals surface area contributed by atoms with Gasteiger partial charge in [-0.05, 0) is 42.3 Å². The van der Waals surface area contributed by atoms with Gasteiger partial charge < -0.3 is 4.42 Å². The van der Waals surface area contributed by atoms with Crippen LogP contribution in [0.3, 0.4) is 0 Å². The van der Waals surface area contributed by atoms with Gasteiger partial charge in [0.25, 0.3) is 11.8 Å². The van der Waals surface area contributed by atoms with Gasteiger partial charge in [-0.15, -0.1) is 0 Å². The van der Waals surface area contributed by atoms with Crippen molar-refractivity contribution in [3.05, 3.63) is 80.2 Å². The van der Waals surface area contributed by atoms with Crippen molar-refractivity contribution in [2.45, 2.75) is 13.5 Å². The van der Waals surface area contributed by atoms with E-state index < -0.39 is 5.63 Å². The van der Waals surface area contributed by atoms with Crippen LogP contribution in [0.25, 0.3) is 11.0 Å². The molecule has 0 unspecified atom stereocenters. The maximum Gasteiger partial charge on any atom is 0.336 e. The smallest absolute Gasteiger partial charge is 0.336 e. The number of halogens is 1. The summed E-state index contributed by atoms with van der Waals surface area (Å²) < 4.78 is 5.22. The summed E-state index contributed by atoms with van der Waals surface area (Å²) in [5.41, 5.74) is 1.86. The Morgan fingerprint density at radius 3 is 2.28 bits per heavy atom. The van der Waals surface area contributed by atoms with Gasteiger partial charge in [-0.2, -0.15) is 0 Å². The Kier molecular flexibility index (Phi) is 3.47. The molecule has 1 aromatic heterocycles. The van der Waals surface area contributed by atoms with Crippen molar-refractivity contribution in [3.8, 4) is 0 Å². The fourth-order valence-corrected chi connectivity index (χ4v) is 3.20. The molecule has 0 saturated heterocycles. The van der Waals surface area contributed by atoms with Gasteiger partial charge in [-0.25, -0.2) is 4.79 Å². The van der Waals surface area contributed by atoms with Crippen molar-refractivity contribution in [2.75, 3.05) is 0 Å². The summed E-state index contributed by atoms with van der Waals surface area (Å²) in [5.74, 6) is -0.750. The van der Waals surface area contributed by atoms with Gasteiger partial charge in [0.15, 0.2) is 0 Å². The lowest BCUT2D eigenvalue weighted by Gasteiger charge is -2.15. The highest BCUT2D eigenvalue weighted by Gasteiger charge is 2.35. The number of carbonyl (C=O) groups excluding carboxylic acids is 2. The van der Waals surface area contributed by atoms with Crippen LogP contribution in [-0.2, 0) is 6.54 Å². The van der Waals surface area contributed by atoms with Crippen LogP contribution in [-0.4, -0.2) is 16.7 Å². The van der Waals surface area contributed by atoms with Gasteiger partial charge in [0.2, 0.25) is 0 Å². The molecule has 0 fully saturated rings. The van der Waals surface area contributed by atoms with Crippen molar-refractivity contribution >= 4 is 34.4 Å². The van der Waals surface area contributed by atoms with Gasteiger partial charge in [0.05, 0.1) is 17.7 Å². The van der Waals surface area contributed by atoms with E-state index in [2.05, 4.69) is 0 Å². The third-order valence-electron chi connectivity index (χ3n) is 4.32. The van der Waals surface area contributed by atoms with E-state index in [0.717, 1.165) is 10.5 Å². The Labute approximate surface area is 147 Å². The van der Waals surface area contributed by atoms with Crippen LogP contribution < -0.4 is 5.63 Å². The minimum Gasteiger partial charge on any atom is -0.423 e. The molecule has 2 amide bonds. The van der Waals surface area contributed by atoms with Crippen LogP contribution >= 0.6 is 11.6 Å². The molecule has 0 aliphatic carbocycles. The molecule has 0 bridgehead atoms. The summed E-state index contributed by atoms with van der Waals surface area (Å²) in [4.78, 5) is 38.1. The number of hydrogen-bond acceptors (Lipinski definition) is 4. The summed E-state index contributed by atoms with van der Waals surface area (Å²) in [6.07, 6.45) is 0. The molecule has 0 N–H and O–H groups in total. The predicted octanol–water partition coefficient (Wildman–Crippen LogP) is 3.55. The van der Waals surface area contributed by atoms with Crippen LogP contribution in [0.4, 0.5) is 0 Å². The van der Waals surface area contributed by atoms with Crippen molar-refractivity contribution in [3.63, 3.8) is 0 Å². The lowest BCUT2D eigenvalue weighted by atomic mass is 10.1. The zero-order chi connectivity index (χ0) is 17.7. The second-order valence-electron chi connectivity index (χ2n) is 5.93. The van der Waals surface area contributed by atoms with E-state index in [1.165, 1.54) is 6.07 Å². The number of imide groups is 1. The molecule has 0 atom stereocenters. The van der Waals surface area contributed by atoms with Gasteiger partial charge in [0.1, 0.15) is 5.58 Å². The molecule has 3 aromatic rings. The Hall–Kier alpha value is -2.92. The molecule has 6 heteroatoms. The third kappa shape index (κ3) is 2.44. The van der Waals surface area contributed by atoms with Gasteiger partial charge in [-0.1, -0.05) is 23.7 Å². The number of rotatable bonds is 2. The maximum atomic E-state index is 12.5. The molecule has 5 nitrogen and oxygen atoms in total. The number of carbonyl (C=O) groups is 2. The molecule has 2 aromatic carbocycles. The van der Waals surface area contributed by atoms with E-state index in [9.17, 15) is 14.4 Å². The van der Waals surface area contributed by atoms with E-state index in [0.29, 0.717) is 32.7 Å². The lowest BCUT2D eigenvalue weighted by molar-refractivity contribution is 0.0642. The Morgan fingerprint density at radius 1 is 1.00 bits per heavy atom. The Balaban J connectivity index is 1.82. The number of hydrogen-bond donors (Lipinski definition) is 0. The quantitative estimate of drug-likeness (QED) is 0.522. The fourth-order valence-electron chi connectivity index (χ4n) is 3.03. The third-order valence-corrected chi connectivity index (χ3v) is 4.72. The zero-order valence-electron chi connectivity index (χ0n) is 13.2. The highest BCUT2D eigenvalue weighted by atomic mass is 35.5. The predicted molar refractivity (Wildman–Crippen MR) is 92.9 cm³/mol. The van der Waals surface area contributed by atoms with E-state index in [1.807, 2.05) is 0 Å². The van der Waals surface area contributed by atoms with Crippen LogP contribution in [0, 0.1) is 6.92 Å². The largest absolute Gasteiger partial charge is 0.423 e. The minimum absolute atomic E-state index is 0.0200. The molecule has 0 spiro atoms. The number of amides is 2. The monoisotopic (exact) mass is 353 g/mol. The summed E-state index contributed by atoms with van der Waals surface area (Å²) in [6, 6.07) is 11.3. The molecule has 1 aliphatic rings. The Bertz CT molecular complexity index is 1080. The molecule has 0 radical (unpaired) electrons. The highest BCUT2D eigenvalue weighted by Crippen LogP contribution is 2.29. The van der Waals surface area contributed by atoms with E-state index in [-0.39, 0.29) is 18.4 Å². The molecule has 25 heavy (non-hydrogen) atoms. The zero-order valence-corrected chi connectivity index (χ0v) is 14.0. The molecule has 4 rings (SSSR count). The lowest BCUT2D eigenvalue weighted by Crippen LogP contribution is -2.29. The van der Waals surface area contributed by atoms with Crippen LogP contribution in [0.5, 0.6) is 0 Å². The van der Waals surface area contributed by atoms with Gasteiger partial charge in [-0.3, -0.25) is 14.5 Å². The number of nitrogens with zero attached hydrogens (tertiary/aromatic N) is 1. The average molecular weight is 354 g/mol. The maximum absolute atomic E-state index is 12.5. The number of fused-ring (bicyclic) bond motifs is 2.